The lowest BCUT2D eigenvalue weighted by molar-refractivity contribution is -0.137. The molecule has 5 nitrogen and oxygen atoms in total. The Kier molecular flexibility index (Phi) is 7.69. The van der Waals surface area contributed by atoms with E-state index < -0.39 is 33.7 Å². The van der Waals surface area contributed by atoms with Crippen LogP contribution in [0.25, 0.3) is 0 Å². The minimum Gasteiger partial charge on any atom is -0.325 e. The van der Waals surface area contributed by atoms with Crippen LogP contribution in [-0.2, 0) is 27.4 Å². The first-order chi connectivity index (χ1) is 15.5. The lowest BCUT2D eigenvalue weighted by Crippen LogP contribution is -2.45. The van der Waals surface area contributed by atoms with Crippen LogP contribution in [0.2, 0.25) is 10.0 Å². The maximum Gasteiger partial charge on any atom is 0.416 e. The number of carbonyl (C=O) groups is 1. The van der Waals surface area contributed by atoms with Crippen molar-refractivity contribution < 1.29 is 26.4 Å². The second kappa shape index (κ2) is 10.1. The van der Waals surface area contributed by atoms with Crippen LogP contribution in [0.5, 0.6) is 0 Å². The number of sulfonamides is 1. The van der Waals surface area contributed by atoms with Crippen molar-refractivity contribution in [3.63, 3.8) is 0 Å². The fourth-order valence-electron chi connectivity index (χ4n) is 2.94. The summed E-state index contributed by atoms with van der Waals surface area (Å²) in [7, 11) is -4.27. The van der Waals surface area contributed by atoms with Gasteiger partial charge in [-0.15, -0.1) is 0 Å². The predicted octanol–water partition coefficient (Wildman–Crippen LogP) is 5.54. The molecule has 3 aromatic rings. The van der Waals surface area contributed by atoms with E-state index in [1.165, 1.54) is 12.1 Å². The number of rotatable bonds is 7. The van der Waals surface area contributed by atoms with Crippen LogP contribution in [0.4, 0.5) is 18.9 Å². The summed E-state index contributed by atoms with van der Waals surface area (Å²) in [5, 5.41) is 2.49. The number of carbonyl (C=O) groups excluding carboxylic acids is 1. The van der Waals surface area contributed by atoms with Crippen molar-refractivity contribution >= 4 is 44.8 Å². The third-order valence-corrected chi connectivity index (χ3v) is 6.75. The van der Waals surface area contributed by atoms with Crippen molar-refractivity contribution in [2.45, 2.75) is 23.5 Å². The largest absolute Gasteiger partial charge is 0.416 e. The molecule has 0 radical (unpaired) electrons. The highest BCUT2D eigenvalue weighted by atomic mass is 35.5. The zero-order valence-electron chi connectivity index (χ0n) is 16.7. The number of alkyl halides is 3. The van der Waals surface area contributed by atoms with E-state index in [1.54, 1.807) is 30.3 Å². The van der Waals surface area contributed by atoms with Gasteiger partial charge in [-0.05, 0) is 54.4 Å². The Morgan fingerprint density at radius 3 is 2.18 bits per heavy atom. The molecular weight excluding hydrogens is 500 g/mol. The molecule has 0 spiro atoms. The van der Waals surface area contributed by atoms with Crippen LogP contribution < -0.4 is 10.0 Å². The van der Waals surface area contributed by atoms with Crippen LogP contribution in [-0.4, -0.2) is 20.4 Å². The first-order valence-electron chi connectivity index (χ1n) is 9.45. The van der Waals surface area contributed by atoms with Crippen molar-refractivity contribution in [3.8, 4) is 0 Å². The third-order valence-electron chi connectivity index (χ3n) is 4.56. The summed E-state index contributed by atoms with van der Waals surface area (Å²) >= 11 is 11.9. The van der Waals surface area contributed by atoms with Crippen molar-refractivity contribution in [2.24, 2.45) is 0 Å². The monoisotopic (exact) mass is 516 g/mol. The number of hydrogen-bond acceptors (Lipinski definition) is 3. The van der Waals surface area contributed by atoms with Gasteiger partial charge in [-0.25, -0.2) is 8.42 Å². The first kappa shape index (κ1) is 25.0. The van der Waals surface area contributed by atoms with E-state index in [4.69, 9.17) is 23.2 Å². The minimum absolute atomic E-state index is 0.0231. The van der Waals surface area contributed by atoms with Crippen LogP contribution in [0.3, 0.4) is 0 Å². The van der Waals surface area contributed by atoms with Crippen molar-refractivity contribution in [1.29, 1.82) is 0 Å². The van der Waals surface area contributed by atoms with E-state index in [1.807, 2.05) is 0 Å². The maximum absolute atomic E-state index is 13.0. The Hall–Kier alpha value is -2.59. The molecular formula is C22H17Cl2F3N2O3S. The third kappa shape index (κ3) is 6.70. The van der Waals surface area contributed by atoms with Gasteiger partial charge in [0.15, 0.2) is 0 Å². The highest BCUT2D eigenvalue weighted by Gasteiger charge is 2.31. The average Bonchev–Trinajstić information content (AvgIpc) is 2.75. The topological polar surface area (TPSA) is 75.3 Å². The molecule has 174 valence electrons. The van der Waals surface area contributed by atoms with Gasteiger partial charge in [0.2, 0.25) is 15.9 Å². The number of halogens is 5. The molecule has 0 saturated heterocycles. The molecule has 2 N–H and O–H groups in total. The van der Waals surface area contributed by atoms with Gasteiger partial charge in [-0.3, -0.25) is 4.79 Å². The zero-order valence-corrected chi connectivity index (χ0v) is 19.1. The summed E-state index contributed by atoms with van der Waals surface area (Å²) in [5.41, 5.74) is -0.145. The molecule has 0 aliphatic carbocycles. The molecule has 0 bridgehead atoms. The Balaban J connectivity index is 1.87. The maximum atomic E-state index is 13.0. The smallest absolute Gasteiger partial charge is 0.325 e. The molecule has 0 unspecified atom stereocenters. The zero-order chi connectivity index (χ0) is 24.2. The van der Waals surface area contributed by atoms with E-state index in [0.29, 0.717) is 5.56 Å². The Morgan fingerprint density at radius 2 is 1.58 bits per heavy atom. The van der Waals surface area contributed by atoms with E-state index in [2.05, 4.69) is 10.0 Å². The molecule has 0 saturated carbocycles. The Labute approximate surface area is 198 Å². The number of amides is 1. The van der Waals surface area contributed by atoms with Crippen LogP contribution in [0.15, 0.2) is 77.7 Å². The molecule has 0 aromatic heterocycles. The predicted molar refractivity (Wildman–Crippen MR) is 121 cm³/mol. The second-order valence-electron chi connectivity index (χ2n) is 7.00. The van der Waals surface area contributed by atoms with Crippen molar-refractivity contribution in [3.05, 3.63) is 94.0 Å². The summed E-state index contributed by atoms with van der Waals surface area (Å²) in [5.74, 6) is -0.764. The van der Waals surface area contributed by atoms with Crippen molar-refractivity contribution in [1.82, 2.24) is 4.72 Å². The normalized spacial score (nSPS) is 12.9. The average molecular weight is 517 g/mol. The number of nitrogens with one attached hydrogen (secondary N) is 2. The Morgan fingerprint density at radius 1 is 0.939 bits per heavy atom. The Bertz CT molecular complexity index is 1240. The quantitative estimate of drug-likeness (QED) is 0.432. The van der Waals surface area contributed by atoms with Gasteiger partial charge in [-0.1, -0.05) is 53.5 Å². The standard InChI is InChI=1S/C22H17Cl2F3N2O3S/c23-16-8-11-18(24)20(13-16)33(31,32)29-19(12-14-4-2-1-3-5-14)21(30)28-17-9-6-15(7-10-17)22(25,26)27/h1-11,13,19,29H,12H2,(H,28,30)/t19-/m1/s1. The van der Waals surface area contributed by atoms with E-state index in [-0.39, 0.29) is 27.0 Å². The number of hydrogen-bond donors (Lipinski definition) is 2. The van der Waals surface area contributed by atoms with Gasteiger partial charge in [0.05, 0.1) is 10.6 Å². The molecule has 0 aliphatic heterocycles. The second-order valence-corrected chi connectivity index (χ2v) is 9.53. The molecule has 3 aromatic carbocycles. The van der Waals surface area contributed by atoms with Crippen molar-refractivity contribution in [2.75, 3.05) is 5.32 Å². The molecule has 33 heavy (non-hydrogen) atoms. The van der Waals surface area contributed by atoms with Crippen LogP contribution in [0, 0.1) is 0 Å². The highest BCUT2D eigenvalue weighted by molar-refractivity contribution is 7.89. The number of benzene rings is 3. The SMILES string of the molecule is O=C(Nc1ccc(C(F)(F)F)cc1)[C@@H](Cc1ccccc1)NS(=O)(=O)c1cc(Cl)ccc1Cl. The molecule has 0 fully saturated rings. The molecule has 3 rings (SSSR count). The summed E-state index contributed by atoms with van der Waals surface area (Å²) in [4.78, 5) is 12.6. The van der Waals surface area contributed by atoms with Gasteiger partial charge in [0.25, 0.3) is 0 Å². The molecule has 11 heteroatoms. The molecule has 0 heterocycles. The fourth-order valence-corrected chi connectivity index (χ4v) is 4.90. The van der Waals surface area contributed by atoms with E-state index >= 15 is 0 Å². The van der Waals surface area contributed by atoms with E-state index in [9.17, 15) is 26.4 Å². The summed E-state index contributed by atoms with van der Waals surface area (Å²) in [6.07, 6.45) is -4.55. The summed E-state index contributed by atoms with van der Waals surface area (Å²) in [6.45, 7) is 0. The van der Waals surface area contributed by atoms with Gasteiger partial charge in [-0.2, -0.15) is 17.9 Å². The first-order valence-corrected chi connectivity index (χ1v) is 11.7. The molecule has 1 amide bonds. The van der Waals surface area contributed by atoms with Gasteiger partial charge < -0.3 is 5.32 Å². The van der Waals surface area contributed by atoms with Gasteiger partial charge in [0.1, 0.15) is 10.9 Å². The summed E-state index contributed by atoms with van der Waals surface area (Å²) < 4.78 is 66.6. The van der Waals surface area contributed by atoms with E-state index in [0.717, 1.165) is 30.3 Å². The number of anilines is 1. The van der Waals surface area contributed by atoms with Crippen LogP contribution in [0.1, 0.15) is 11.1 Å². The highest BCUT2D eigenvalue weighted by Crippen LogP contribution is 2.30. The minimum atomic E-state index is -4.52. The lowest BCUT2D eigenvalue weighted by Gasteiger charge is -2.19. The lowest BCUT2D eigenvalue weighted by atomic mass is 10.1. The van der Waals surface area contributed by atoms with Gasteiger partial charge >= 0.3 is 6.18 Å². The fraction of sp³-hybridized carbons (Fsp3) is 0.136. The van der Waals surface area contributed by atoms with Gasteiger partial charge in [0, 0.05) is 10.7 Å². The summed E-state index contributed by atoms with van der Waals surface area (Å²) in [6, 6.07) is 15.0. The molecule has 1 atom stereocenters. The van der Waals surface area contributed by atoms with Crippen LogP contribution >= 0.6 is 23.2 Å². The molecule has 0 aliphatic rings.